The maximum atomic E-state index is 15.6. The van der Waals surface area contributed by atoms with E-state index in [1.54, 1.807) is 12.1 Å². The third-order valence-corrected chi connectivity index (χ3v) is 14.6. The van der Waals surface area contributed by atoms with Gasteiger partial charge in [0.05, 0.1) is 57.4 Å². The summed E-state index contributed by atoms with van der Waals surface area (Å²) in [5.41, 5.74) is 17.1. The molecule has 10 heteroatoms. The lowest BCUT2D eigenvalue weighted by Crippen LogP contribution is -2.23. The summed E-state index contributed by atoms with van der Waals surface area (Å²) in [5.74, 6) is -0.372. The number of aromatic nitrogens is 2. The van der Waals surface area contributed by atoms with Crippen LogP contribution in [-0.4, -0.2) is 32.4 Å². The first-order valence-electron chi connectivity index (χ1n) is 26.8. The van der Waals surface area contributed by atoms with Gasteiger partial charge in [0, 0.05) is 50.8 Å². The Morgan fingerprint density at radius 3 is 1.16 bits per heavy atom. The van der Waals surface area contributed by atoms with Crippen molar-refractivity contribution < 1.29 is 28.5 Å². The van der Waals surface area contributed by atoms with E-state index in [1.807, 2.05) is 114 Å². The average molecular weight is 1050 g/mol. The number of fused-ring (bicyclic) bond motifs is 2. The SMILES string of the molecule is Cc1cc(C)c(N(c2cc(C)cc(-c3cc(F)ccc3O[C@H](C)C[C@H](C)Oc3ccc(F)cc3-c3cc(C)cc(N(c4c(C)cc(C)cc4C)c4cccc5ccc(C)nc45)c3O)c2O)c2cccc3ccc(C)nc23)c(C)c1. The predicted molar refractivity (Wildman–Crippen MR) is 319 cm³/mol. The molecule has 0 fully saturated rings. The third kappa shape index (κ3) is 10.7. The van der Waals surface area contributed by atoms with E-state index in [0.29, 0.717) is 51.5 Å². The number of hydrogen-bond donors (Lipinski definition) is 2. The first kappa shape index (κ1) is 53.6. The van der Waals surface area contributed by atoms with Gasteiger partial charge in [0.25, 0.3) is 0 Å². The van der Waals surface area contributed by atoms with E-state index >= 15 is 8.78 Å². The number of pyridine rings is 2. The number of aryl methyl sites for hydroxylation is 10. The normalized spacial score (nSPS) is 12.2. The van der Waals surface area contributed by atoms with Gasteiger partial charge in [-0.1, -0.05) is 71.8 Å². The van der Waals surface area contributed by atoms with Gasteiger partial charge in [-0.15, -0.1) is 0 Å². The van der Waals surface area contributed by atoms with Gasteiger partial charge in [0.1, 0.15) is 34.6 Å². The van der Waals surface area contributed by atoms with Gasteiger partial charge in [0.2, 0.25) is 0 Å². The molecule has 8 nitrogen and oxygen atoms in total. The lowest BCUT2D eigenvalue weighted by Gasteiger charge is -2.31. The van der Waals surface area contributed by atoms with Crippen molar-refractivity contribution in [3.8, 4) is 45.3 Å². The molecule has 2 atom stereocenters. The van der Waals surface area contributed by atoms with Crippen molar-refractivity contribution in [2.45, 2.75) is 102 Å². The van der Waals surface area contributed by atoms with E-state index in [1.165, 1.54) is 24.3 Å². The zero-order chi connectivity index (χ0) is 56.1. The second-order valence-corrected chi connectivity index (χ2v) is 21.5. The molecule has 2 N–H and O–H groups in total. The molecule has 0 bridgehead atoms. The van der Waals surface area contributed by atoms with Crippen LogP contribution in [0.25, 0.3) is 44.1 Å². The Morgan fingerprint density at radius 1 is 0.418 bits per heavy atom. The molecule has 0 unspecified atom stereocenters. The van der Waals surface area contributed by atoms with E-state index in [0.717, 1.165) is 100 Å². The van der Waals surface area contributed by atoms with Crippen molar-refractivity contribution in [1.82, 2.24) is 9.97 Å². The second-order valence-electron chi connectivity index (χ2n) is 21.5. The van der Waals surface area contributed by atoms with Gasteiger partial charge in [-0.2, -0.15) is 0 Å². The Labute approximate surface area is 462 Å². The highest BCUT2D eigenvalue weighted by Crippen LogP contribution is 2.52. The van der Waals surface area contributed by atoms with Crippen LogP contribution < -0.4 is 19.3 Å². The van der Waals surface area contributed by atoms with Crippen molar-refractivity contribution in [2.75, 3.05) is 9.80 Å². The first-order chi connectivity index (χ1) is 37.7. The van der Waals surface area contributed by atoms with Crippen molar-refractivity contribution >= 4 is 55.9 Å². The highest BCUT2D eigenvalue weighted by atomic mass is 19.1. The number of halogens is 2. The number of benzene rings is 8. The van der Waals surface area contributed by atoms with Gasteiger partial charge in [-0.3, -0.25) is 9.97 Å². The van der Waals surface area contributed by atoms with E-state index in [-0.39, 0.29) is 11.5 Å². The summed E-state index contributed by atoms with van der Waals surface area (Å²) in [5, 5.41) is 27.3. The number of aromatic hydroxyl groups is 2. The van der Waals surface area contributed by atoms with E-state index in [4.69, 9.17) is 19.4 Å². The molecule has 0 amide bonds. The van der Waals surface area contributed by atoms with Crippen LogP contribution in [0, 0.1) is 80.9 Å². The molecule has 0 spiro atoms. The summed E-state index contributed by atoms with van der Waals surface area (Å²) in [7, 11) is 0. The van der Waals surface area contributed by atoms with Gasteiger partial charge >= 0.3 is 0 Å². The predicted octanol–water partition coefficient (Wildman–Crippen LogP) is 18.5. The van der Waals surface area contributed by atoms with Crippen LogP contribution >= 0.6 is 0 Å². The number of para-hydroxylation sites is 2. The molecule has 0 saturated carbocycles. The number of rotatable bonds is 14. The lowest BCUT2D eigenvalue weighted by atomic mass is 9.97. The summed E-state index contributed by atoms with van der Waals surface area (Å²) < 4.78 is 44.6. The number of phenols is 2. The smallest absolute Gasteiger partial charge is 0.147 e. The quantitative estimate of drug-likeness (QED) is 0.111. The Hall–Kier alpha value is -8.76. The molecule has 0 radical (unpaired) electrons. The highest BCUT2D eigenvalue weighted by Gasteiger charge is 2.29. The van der Waals surface area contributed by atoms with Crippen molar-refractivity contribution in [3.63, 3.8) is 0 Å². The fraction of sp³-hybridized carbons (Fsp3) is 0.217. The molecule has 0 saturated heterocycles. The summed E-state index contributed by atoms with van der Waals surface area (Å²) in [6.45, 7) is 24.1. The molecule has 8 aromatic carbocycles. The molecule has 0 aliphatic rings. The zero-order valence-corrected chi connectivity index (χ0v) is 47.0. The largest absolute Gasteiger partial charge is 0.505 e. The maximum absolute atomic E-state index is 15.6. The van der Waals surface area contributed by atoms with E-state index in [2.05, 4.69) is 87.7 Å². The molecular weight excluding hydrogens is 987 g/mol. The minimum atomic E-state index is -0.500. The van der Waals surface area contributed by atoms with Crippen LogP contribution in [0.5, 0.6) is 23.0 Å². The number of anilines is 6. The Morgan fingerprint density at radius 2 is 0.785 bits per heavy atom. The Balaban J connectivity index is 0.991. The molecule has 0 aliphatic heterocycles. The highest BCUT2D eigenvalue weighted by molar-refractivity contribution is 6.01. The lowest BCUT2D eigenvalue weighted by molar-refractivity contribution is 0.131. The van der Waals surface area contributed by atoms with Gasteiger partial charge < -0.3 is 29.5 Å². The molecule has 400 valence electrons. The van der Waals surface area contributed by atoms with E-state index < -0.39 is 23.8 Å². The molecule has 10 rings (SSSR count). The first-order valence-corrected chi connectivity index (χ1v) is 26.8. The Kier molecular flexibility index (Phi) is 14.6. The molecule has 2 aromatic heterocycles. The third-order valence-electron chi connectivity index (χ3n) is 14.6. The summed E-state index contributed by atoms with van der Waals surface area (Å²) >= 11 is 0. The number of phenolic OH excluding ortho intramolecular Hbond substituents is 2. The standard InChI is InChI=1S/C69H66F2N4O4/c1-38-27-42(5)66(43(6)28-38)74(58-17-13-15-50-21-19-46(9)72-64(50)58)60-33-40(3)31-56(68(60)76)54-36-52(70)23-25-62(54)78-48(11)35-49(12)79-63-26-24-53(71)37-55(63)57-32-41(4)34-61(69(57)77)75(67-44(7)29-39(2)30-45(67)8)59-18-14-16-51-22-20-47(10)73-65(51)59/h13-34,36-37,48-49,76-77H,35H2,1-12H3/t48-,49+. The van der Waals surface area contributed by atoms with Crippen molar-refractivity contribution in [1.29, 1.82) is 0 Å². The number of hydrogen-bond acceptors (Lipinski definition) is 8. The summed E-state index contributed by atoms with van der Waals surface area (Å²) in [6, 6.07) is 44.9. The average Bonchev–Trinajstić information content (AvgIpc) is 3.56. The van der Waals surface area contributed by atoms with Crippen LogP contribution in [0.2, 0.25) is 0 Å². The fourth-order valence-corrected chi connectivity index (χ4v) is 11.5. The minimum absolute atomic E-state index is 0.0584. The molecular formula is C69H66F2N4O4. The van der Waals surface area contributed by atoms with Crippen molar-refractivity contribution in [2.24, 2.45) is 0 Å². The Bertz CT molecular complexity index is 3720. The molecule has 2 heterocycles. The zero-order valence-electron chi connectivity index (χ0n) is 47.0. The monoisotopic (exact) mass is 1050 g/mol. The maximum Gasteiger partial charge on any atom is 0.147 e. The van der Waals surface area contributed by atoms with E-state index in [9.17, 15) is 10.2 Å². The van der Waals surface area contributed by atoms with Crippen LogP contribution in [0.1, 0.15) is 76.2 Å². The van der Waals surface area contributed by atoms with Crippen LogP contribution in [-0.2, 0) is 0 Å². The van der Waals surface area contributed by atoms with Crippen LogP contribution in [0.4, 0.5) is 42.9 Å². The second kappa shape index (κ2) is 21.6. The fourth-order valence-electron chi connectivity index (χ4n) is 11.5. The summed E-state index contributed by atoms with van der Waals surface area (Å²) in [6.07, 6.45) is -0.648. The minimum Gasteiger partial charge on any atom is -0.505 e. The summed E-state index contributed by atoms with van der Waals surface area (Å²) in [4.78, 5) is 14.2. The molecule has 0 aliphatic carbocycles. The number of nitrogens with zero attached hydrogens (tertiary/aromatic N) is 4. The molecule has 79 heavy (non-hydrogen) atoms. The topological polar surface area (TPSA) is 91.2 Å². The number of ether oxygens (including phenoxy) is 2. The van der Waals surface area contributed by atoms with Gasteiger partial charge in [-0.05, 0) is 201 Å². The van der Waals surface area contributed by atoms with Gasteiger partial charge in [-0.25, -0.2) is 8.78 Å². The van der Waals surface area contributed by atoms with Crippen molar-refractivity contribution in [3.05, 3.63) is 213 Å². The molecule has 10 aromatic rings. The van der Waals surface area contributed by atoms with Crippen LogP contribution in [0.15, 0.2) is 146 Å². The van der Waals surface area contributed by atoms with Crippen LogP contribution in [0.3, 0.4) is 0 Å². The van der Waals surface area contributed by atoms with Gasteiger partial charge in [0.15, 0.2) is 0 Å².